The van der Waals surface area contributed by atoms with Gasteiger partial charge >= 0.3 is 12.3 Å². The molecular weight excluding hydrogens is 401 g/mol. The number of halogens is 3. The van der Waals surface area contributed by atoms with E-state index in [4.69, 9.17) is 9.47 Å². The molecule has 8 heteroatoms. The van der Waals surface area contributed by atoms with Crippen molar-refractivity contribution < 1.29 is 37.0 Å². The molecule has 0 saturated heterocycles. The molecule has 2 rings (SSSR count). The first-order chi connectivity index (χ1) is 13.8. The van der Waals surface area contributed by atoms with Crippen LogP contribution in [0.1, 0.15) is 58.2 Å². The summed E-state index contributed by atoms with van der Waals surface area (Å²) in [5.41, 5.74) is 0.628. The summed E-state index contributed by atoms with van der Waals surface area (Å²) in [6.07, 6.45) is -4.88. The number of methoxy groups -OCH3 is 2. The van der Waals surface area contributed by atoms with E-state index in [2.05, 4.69) is 4.74 Å². The summed E-state index contributed by atoms with van der Waals surface area (Å²) in [5.74, 6) is -1.46. The zero-order valence-electron chi connectivity index (χ0n) is 17.6. The number of esters is 1. The third-order valence-electron chi connectivity index (χ3n) is 4.52. The SMILES string of the molecule is COC(=O)c1c(C)c(C(=O)c2cccc(OC(F)(F)F)c2)cc(C(C)(C)C)c1OC. The second-order valence-electron chi connectivity index (χ2n) is 7.65. The Morgan fingerprint density at radius 3 is 2.13 bits per heavy atom. The highest BCUT2D eigenvalue weighted by atomic mass is 19.4. The molecule has 162 valence electrons. The fourth-order valence-corrected chi connectivity index (χ4v) is 3.10. The van der Waals surface area contributed by atoms with E-state index in [0.29, 0.717) is 11.1 Å². The topological polar surface area (TPSA) is 61.8 Å². The highest BCUT2D eigenvalue weighted by Crippen LogP contribution is 2.38. The summed E-state index contributed by atoms with van der Waals surface area (Å²) >= 11 is 0. The standard InChI is InChI=1S/C22H23F3O5/c1-12-15(18(26)13-8-7-9-14(10-13)30-22(23,24)25)11-16(21(2,3)4)19(28-5)17(12)20(27)29-6/h7-11H,1-6H3. The normalized spacial score (nSPS) is 11.8. The monoisotopic (exact) mass is 424 g/mol. The van der Waals surface area contributed by atoms with E-state index >= 15 is 0 Å². The molecule has 0 aliphatic rings. The van der Waals surface area contributed by atoms with E-state index in [1.165, 1.54) is 26.4 Å². The first-order valence-corrected chi connectivity index (χ1v) is 9.01. The van der Waals surface area contributed by atoms with Crippen LogP contribution < -0.4 is 9.47 Å². The van der Waals surface area contributed by atoms with Gasteiger partial charge in [-0.05, 0) is 36.1 Å². The molecule has 0 aliphatic carbocycles. The number of hydrogen-bond donors (Lipinski definition) is 0. The van der Waals surface area contributed by atoms with Crippen LogP contribution in [0.25, 0.3) is 0 Å². The minimum atomic E-state index is -4.88. The van der Waals surface area contributed by atoms with Crippen molar-refractivity contribution in [3.8, 4) is 11.5 Å². The molecular formula is C22H23F3O5. The Labute approximate surface area is 172 Å². The van der Waals surface area contributed by atoms with Crippen LogP contribution in [-0.4, -0.2) is 32.3 Å². The first kappa shape index (κ1) is 23.3. The van der Waals surface area contributed by atoms with Gasteiger partial charge in [-0.25, -0.2) is 4.79 Å². The van der Waals surface area contributed by atoms with Crippen LogP contribution in [0.15, 0.2) is 30.3 Å². The van der Waals surface area contributed by atoms with E-state index < -0.39 is 29.3 Å². The van der Waals surface area contributed by atoms with Gasteiger partial charge in [-0.2, -0.15) is 0 Å². The Bertz CT molecular complexity index is 972. The highest BCUT2D eigenvalue weighted by molar-refractivity contribution is 6.12. The Morgan fingerprint density at radius 2 is 1.63 bits per heavy atom. The number of hydrogen-bond acceptors (Lipinski definition) is 5. The zero-order chi connectivity index (χ0) is 22.9. The molecule has 0 saturated carbocycles. The molecule has 0 fully saturated rings. The van der Waals surface area contributed by atoms with Crippen molar-refractivity contribution in [1.82, 2.24) is 0 Å². The molecule has 0 radical (unpaired) electrons. The minimum absolute atomic E-state index is 0.0132. The van der Waals surface area contributed by atoms with E-state index in [0.717, 1.165) is 12.1 Å². The maximum Gasteiger partial charge on any atom is 0.573 e. The van der Waals surface area contributed by atoms with Crippen LogP contribution in [0.2, 0.25) is 0 Å². The summed E-state index contributed by atoms with van der Waals surface area (Å²) in [4.78, 5) is 25.7. The molecule has 2 aromatic rings. The van der Waals surface area contributed by atoms with Crippen molar-refractivity contribution in [3.63, 3.8) is 0 Å². The van der Waals surface area contributed by atoms with Gasteiger partial charge in [0.25, 0.3) is 0 Å². The number of carbonyl (C=O) groups is 2. The van der Waals surface area contributed by atoms with Crippen molar-refractivity contribution in [2.45, 2.75) is 39.5 Å². The summed E-state index contributed by atoms with van der Waals surface area (Å²) in [5, 5.41) is 0. The molecule has 0 spiro atoms. The zero-order valence-corrected chi connectivity index (χ0v) is 17.6. The number of ether oxygens (including phenoxy) is 3. The van der Waals surface area contributed by atoms with Crippen LogP contribution >= 0.6 is 0 Å². The maximum atomic E-state index is 13.2. The molecule has 0 aromatic heterocycles. The fraction of sp³-hybridized carbons (Fsp3) is 0.364. The smallest absolute Gasteiger partial charge is 0.496 e. The Kier molecular flexibility index (Phi) is 6.49. The number of carbonyl (C=O) groups excluding carboxylic acids is 2. The summed E-state index contributed by atoms with van der Waals surface area (Å²) in [6.45, 7) is 7.21. The average molecular weight is 424 g/mol. The number of benzene rings is 2. The minimum Gasteiger partial charge on any atom is -0.496 e. The molecule has 0 atom stereocenters. The van der Waals surface area contributed by atoms with E-state index in [1.54, 1.807) is 13.0 Å². The Hall–Kier alpha value is -3.03. The van der Waals surface area contributed by atoms with Crippen molar-refractivity contribution in [2.75, 3.05) is 14.2 Å². The number of rotatable bonds is 5. The van der Waals surface area contributed by atoms with Gasteiger partial charge in [0.2, 0.25) is 0 Å². The predicted octanol–water partition coefficient (Wildman–Crippen LogP) is 5.22. The van der Waals surface area contributed by atoms with Crippen LogP contribution in [-0.2, 0) is 10.2 Å². The quantitative estimate of drug-likeness (QED) is 0.487. The van der Waals surface area contributed by atoms with E-state index in [1.807, 2.05) is 20.8 Å². The lowest BCUT2D eigenvalue weighted by molar-refractivity contribution is -0.274. The Morgan fingerprint density at radius 1 is 1.00 bits per heavy atom. The van der Waals surface area contributed by atoms with E-state index in [9.17, 15) is 22.8 Å². The van der Waals surface area contributed by atoms with Gasteiger partial charge < -0.3 is 14.2 Å². The molecule has 0 unspecified atom stereocenters. The number of ketones is 1. The van der Waals surface area contributed by atoms with Crippen LogP contribution in [0.3, 0.4) is 0 Å². The summed E-state index contributed by atoms with van der Waals surface area (Å²) < 4.78 is 51.8. The molecule has 0 heterocycles. The molecule has 5 nitrogen and oxygen atoms in total. The first-order valence-electron chi connectivity index (χ1n) is 9.01. The second kappa shape index (κ2) is 8.38. The fourth-order valence-electron chi connectivity index (χ4n) is 3.10. The van der Waals surface area contributed by atoms with Gasteiger partial charge in [-0.15, -0.1) is 13.2 Å². The predicted molar refractivity (Wildman–Crippen MR) is 104 cm³/mol. The van der Waals surface area contributed by atoms with Crippen molar-refractivity contribution >= 4 is 11.8 Å². The lowest BCUT2D eigenvalue weighted by Crippen LogP contribution is -2.20. The van der Waals surface area contributed by atoms with Crippen molar-refractivity contribution in [2.24, 2.45) is 0 Å². The largest absolute Gasteiger partial charge is 0.573 e. The summed E-state index contributed by atoms with van der Waals surface area (Å²) in [6, 6.07) is 6.38. The maximum absolute atomic E-state index is 13.2. The highest BCUT2D eigenvalue weighted by Gasteiger charge is 2.32. The lowest BCUT2D eigenvalue weighted by atomic mass is 9.81. The second-order valence-corrected chi connectivity index (χ2v) is 7.65. The molecule has 30 heavy (non-hydrogen) atoms. The molecule has 0 bridgehead atoms. The van der Waals surface area contributed by atoms with E-state index in [-0.39, 0.29) is 22.4 Å². The van der Waals surface area contributed by atoms with Gasteiger partial charge in [-0.3, -0.25) is 4.79 Å². The van der Waals surface area contributed by atoms with Gasteiger partial charge in [0.1, 0.15) is 17.1 Å². The van der Waals surface area contributed by atoms with Crippen molar-refractivity contribution in [3.05, 3.63) is 58.1 Å². The van der Waals surface area contributed by atoms with Crippen molar-refractivity contribution in [1.29, 1.82) is 0 Å². The molecule has 0 amide bonds. The number of alkyl halides is 3. The third-order valence-corrected chi connectivity index (χ3v) is 4.52. The van der Waals surface area contributed by atoms with Gasteiger partial charge in [0.15, 0.2) is 5.78 Å². The molecule has 0 N–H and O–H groups in total. The molecule has 2 aromatic carbocycles. The molecule has 0 aliphatic heterocycles. The Balaban J connectivity index is 2.71. The van der Waals surface area contributed by atoms with Crippen LogP contribution in [0.4, 0.5) is 13.2 Å². The van der Waals surface area contributed by atoms with Gasteiger partial charge in [0, 0.05) is 16.7 Å². The van der Waals surface area contributed by atoms with Crippen LogP contribution in [0, 0.1) is 6.92 Å². The van der Waals surface area contributed by atoms with Crippen LogP contribution in [0.5, 0.6) is 11.5 Å². The summed E-state index contributed by atoms with van der Waals surface area (Å²) in [7, 11) is 2.63. The van der Waals surface area contributed by atoms with Gasteiger partial charge in [-0.1, -0.05) is 32.9 Å². The average Bonchev–Trinajstić information content (AvgIpc) is 2.64. The van der Waals surface area contributed by atoms with Gasteiger partial charge in [0.05, 0.1) is 14.2 Å². The lowest BCUT2D eigenvalue weighted by Gasteiger charge is -2.26. The third kappa shape index (κ3) is 4.93.